The first-order valence-electron chi connectivity index (χ1n) is 9.61. The number of pyridine rings is 1. The average molecular weight is 371 g/mol. The molecule has 8 heteroatoms. The molecule has 3 heterocycles. The molecule has 2 aliphatic heterocycles. The molecule has 0 atom stereocenters. The number of hydrogen-bond acceptors (Lipinski definition) is 5. The van der Waals surface area contributed by atoms with Crippen molar-refractivity contribution in [1.29, 1.82) is 0 Å². The molecule has 1 spiro atoms. The number of carbonyl (C=O) groups is 3. The summed E-state index contributed by atoms with van der Waals surface area (Å²) >= 11 is 0. The fraction of sp³-hybridized carbons (Fsp3) is 0.579. The fourth-order valence-corrected chi connectivity index (χ4v) is 4.27. The van der Waals surface area contributed by atoms with Gasteiger partial charge in [0.05, 0.1) is 0 Å². The Balaban J connectivity index is 1.30. The third-order valence-electron chi connectivity index (χ3n) is 5.88. The molecule has 0 unspecified atom stereocenters. The molecule has 144 valence electrons. The zero-order chi connectivity index (χ0) is 18.9. The number of piperazine rings is 1. The number of carbonyl (C=O) groups excluding carboxylic acids is 3. The van der Waals surface area contributed by atoms with E-state index in [1.54, 1.807) is 17.3 Å². The molecule has 3 fully saturated rings. The molecular weight excluding hydrogens is 346 g/mol. The highest BCUT2D eigenvalue weighted by molar-refractivity contribution is 6.09. The molecule has 2 saturated heterocycles. The molecule has 8 nitrogen and oxygen atoms in total. The summed E-state index contributed by atoms with van der Waals surface area (Å²) in [6.45, 7) is 3.45. The Hall–Kier alpha value is -2.48. The van der Waals surface area contributed by atoms with Gasteiger partial charge in [-0.1, -0.05) is 12.8 Å². The van der Waals surface area contributed by atoms with Gasteiger partial charge >= 0.3 is 6.03 Å². The van der Waals surface area contributed by atoms with Crippen molar-refractivity contribution in [1.82, 2.24) is 25.0 Å². The van der Waals surface area contributed by atoms with Gasteiger partial charge in [-0.15, -0.1) is 0 Å². The molecule has 1 N–H and O–H groups in total. The lowest BCUT2D eigenvalue weighted by molar-refractivity contribution is -0.140. The SMILES string of the molecule is O=C(CN1C(=O)NC2(CCCC2)C1=O)N1CCN(Cc2ccncc2)CC1. The number of aromatic nitrogens is 1. The Morgan fingerprint density at radius 2 is 1.74 bits per heavy atom. The molecule has 4 amide bonds. The Morgan fingerprint density at radius 3 is 2.41 bits per heavy atom. The quantitative estimate of drug-likeness (QED) is 0.783. The van der Waals surface area contributed by atoms with Gasteiger partial charge in [0, 0.05) is 45.1 Å². The molecule has 1 aromatic heterocycles. The maximum absolute atomic E-state index is 12.7. The fourth-order valence-electron chi connectivity index (χ4n) is 4.27. The van der Waals surface area contributed by atoms with E-state index in [1.165, 1.54) is 5.56 Å². The molecule has 1 saturated carbocycles. The lowest BCUT2D eigenvalue weighted by atomic mass is 9.98. The largest absolute Gasteiger partial charge is 0.339 e. The van der Waals surface area contributed by atoms with E-state index in [4.69, 9.17) is 0 Å². The predicted molar refractivity (Wildman–Crippen MR) is 97.5 cm³/mol. The van der Waals surface area contributed by atoms with Crippen LogP contribution in [0.15, 0.2) is 24.5 Å². The number of imide groups is 1. The third kappa shape index (κ3) is 3.53. The lowest BCUT2D eigenvalue weighted by Gasteiger charge is -2.35. The molecule has 0 bridgehead atoms. The predicted octanol–water partition coefficient (Wildman–Crippen LogP) is 0.590. The first kappa shape index (κ1) is 17.9. The molecule has 27 heavy (non-hydrogen) atoms. The van der Waals surface area contributed by atoms with Gasteiger partial charge < -0.3 is 10.2 Å². The van der Waals surface area contributed by atoms with Crippen LogP contribution in [0.1, 0.15) is 31.2 Å². The van der Waals surface area contributed by atoms with Crippen molar-refractivity contribution >= 4 is 17.8 Å². The second-order valence-corrected chi connectivity index (χ2v) is 7.62. The van der Waals surface area contributed by atoms with Crippen molar-refractivity contribution in [2.24, 2.45) is 0 Å². The summed E-state index contributed by atoms with van der Waals surface area (Å²) in [5.74, 6) is -0.383. The van der Waals surface area contributed by atoms with E-state index in [1.807, 2.05) is 12.1 Å². The van der Waals surface area contributed by atoms with Crippen molar-refractivity contribution in [3.8, 4) is 0 Å². The van der Waals surface area contributed by atoms with Crippen molar-refractivity contribution < 1.29 is 14.4 Å². The van der Waals surface area contributed by atoms with Gasteiger partial charge in [0.15, 0.2) is 0 Å². The van der Waals surface area contributed by atoms with Gasteiger partial charge in [0.1, 0.15) is 12.1 Å². The summed E-state index contributed by atoms with van der Waals surface area (Å²) in [6, 6.07) is 3.56. The topological polar surface area (TPSA) is 85.8 Å². The summed E-state index contributed by atoms with van der Waals surface area (Å²) in [5.41, 5.74) is 0.451. The van der Waals surface area contributed by atoms with Crippen molar-refractivity contribution in [2.75, 3.05) is 32.7 Å². The van der Waals surface area contributed by atoms with Gasteiger partial charge in [-0.3, -0.25) is 24.4 Å². The van der Waals surface area contributed by atoms with Crippen molar-refractivity contribution in [3.05, 3.63) is 30.1 Å². The molecular formula is C19H25N5O3. The maximum Gasteiger partial charge on any atom is 0.325 e. The van der Waals surface area contributed by atoms with E-state index in [9.17, 15) is 14.4 Å². The Labute approximate surface area is 158 Å². The Bertz CT molecular complexity index is 724. The van der Waals surface area contributed by atoms with Crippen LogP contribution in [0, 0.1) is 0 Å². The number of hydrogen-bond donors (Lipinski definition) is 1. The van der Waals surface area contributed by atoms with Crippen molar-refractivity contribution in [2.45, 2.75) is 37.8 Å². The normalized spacial score (nSPS) is 22.5. The minimum atomic E-state index is -0.749. The van der Waals surface area contributed by atoms with Crippen molar-refractivity contribution in [3.63, 3.8) is 0 Å². The molecule has 4 rings (SSSR count). The van der Waals surface area contributed by atoms with Crippen LogP contribution in [0.3, 0.4) is 0 Å². The summed E-state index contributed by atoms with van der Waals surface area (Å²) in [7, 11) is 0. The highest BCUT2D eigenvalue weighted by Gasteiger charge is 2.52. The molecule has 3 aliphatic rings. The zero-order valence-electron chi connectivity index (χ0n) is 15.4. The van der Waals surface area contributed by atoms with Crippen LogP contribution in [0.25, 0.3) is 0 Å². The number of amides is 4. The van der Waals surface area contributed by atoms with Crippen LogP contribution in [0.4, 0.5) is 4.79 Å². The zero-order valence-corrected chi connectivity index (χ0v) is 15.4. The minimum absolute atomic E-state index is 0.155. The number of nitrogens with one attached hydrogen (secondary N) is 1. The van der Waals surface area contributed by atoms with Crippen LogP contribution >= 0.6 is 0 Å². The van der Waals surface area contributed by atoms with Crippen LogP contribution in [0.5, 0.6) is 0 Å². The average Bonchev–Trinajstić information content (AvgIpc) is 3.24. The van der Waals surface area contributed by atoms with E-state index in [0.29, 0.717) is 25.9 Å². The van der Waals surface area contributed by atoms with Crippen LogP contribution in [-0.4, -0.2) is 75.8 Å². The van der Waals surface area contributed by atoms with E-state index in [0.717, 1.165) is 37.4 Å². The third-order valence-corrected chi connectivity index (χ3v) is 5.88. The number of nitrogens with zero attached hydrogens (tertiary/aromatic N) is 4. The standard InChI is InChI=1S/C19H25N5O3/c25-16(14-24-17(26)19(21-18(24)27)5-1-2-6-19)23-11-9-22(10-12-23)13-15-3-7-20-8-4-15/h3-4,7-8H,1-2,5-6,9-14H2,(H,21,27). The van der Waals surface area contributed by atoms with Crippen LogP contribution in [-0.2, 0) is 16.1 Å². The molecule has 1 aromatic rings. The summed E-state index contributed by atoms with van der Waals surface area (Å²) < 4.78 is 0. The van der Waals surface area contributed by atoms with Gasteiger partial charge in [-0.2, -0.15) is 0 Å². The highest BCUT2D eigenvalue weighted by atomic mass is 16.2. The van der Waals surface area contributed by atoms with Gasteiger partial charge in [-0.05, 0) is 30.5 Å². The first-order chi connectivity index (χ1) is 13.1. The maximum atomic E-state index is 12.7. The second kappa shape index (κ2) is 7.26. The van der Waals surface area contributed by atoms with E-state index >= 15 is 0 Å². The van der Waals surface area contributed by atoms with E-state index in [2.05, 4.69) is 15.2 Å². The summed E-state index contributed by atoms with van der Waals surface area (Å²) in [5, 5.41) is 2.83. The number of urea groups is 1. The van der Waals surface area contributed by atoms with Crippen LogP contribution < -0.4 is 5.32 Å². The van der Waals surface area contributed by atoms with Gasteiger partial charge in [-0.25, -0.2) is 4.79 Å². The monoisotopic (exact) mass is 371 g/mol. The summed E-state index contributed by atoms with van der Waals surface area (Å²) in [6.07, 6.45) is 6.79. The second-order valence-electron chi connectivity index (χ2n) is 7.62. The highest BCUT2D eigenvalue weighted by Crippen LogP contribution is 2.34. The lowest BCUT2D eigenvalue weighted by Crippen LogP contribution is -2.52. The van der Waals surface area contributed by atoms with E-state index < -0.39 is 11.6 Å². The first-order valence-corrected chi connectivity index (χ1v) is 9.61. The smallest absolute Gasteiger partial charge is 0.325 e. The van der Waals surface area contributed by atoms with E-state index in [-0.39, 0.29) is 18.4 Å². The van der Waals surface area contributed by atoms with Gasteiger partial charge in [0.25, 0.3) is 5.91 Å². The van der Waals surface area contributed by atoms with Gasteiger partial charge in [0.2, 0.25) is 5.91 Å². The molecule has 0 radical (unpaired) electrons. The summed E-state index contributed by atoms with van der Waals surface area (Å²) in [4.78, 5) is 46.7. The Kier molecular flexibility index (Phi) is 4.82. The molecule has 0 aromatic carbocycles. The Morgan fingerprint density at radius 1 is 1.07 bits per heavy atom. The molecule has 1 aliphatic carbocycles. The number of rotatable bonds is 4. The van der Waals surface area contributed by atoms with Crippen LogP contribution in [0.2, 0.25) is 0 Å². The minimum Gasteiger partial charge on any atom is -0.339 e.